The first-order valence-electron chi connectivity index (χ1n) is 6.89. The highest BCUT2D eigenvalue weighted by Gasteiger charge is 2.18. The molecule has 19 heavy (non-hydrogen) atoms. The third kappa shape index (κ3) is 3.47. The van der Waals surface area contributed by atoms with Crippen molar-refractivity contribution < 1.29 is 4.79 Å². The lowest BCUT2D eigenvalue weighted by molar-refractivity contribution is 0.0940. The second-order valence-electron chi connectivity index (χ2n) is 5.49. The number of amides is 1. The number of piperidine rings is 1. The molecule has 0 aliphatic carbocycles. The van der Waals surface area contributed by atoms with Crippen LogP contribution < -0.4 is 11.1 Å². The van der Waals surface area contributed by atoms with Crippen LogP contribution in [0.5, 0.6) is 0 Å². The topological polar surface area (TPSA) is 58.4 Å². The van der Waals surface area contributed by atoms with Crippen molar-refractivity contribution in [1.29, 1.82) is 0 Å². The first kappa shape index (κ1) is 13.9. The number of benzene rings is 1. The highest BCUT2D eigenvalue weighted by Crippen LogP contribution is 2.18. The van der Waals surface area contributed by atoms with Gasteiger partial charge in [0.1, 0.15) is 0 Å². The molecular weight excluding hydrogens is 238 g/mol. The molecule has 1 saturated heterocycles. The summed E-state index contributed by atoms with van der Waals surface area (Å²) in [4.78, 5) is 14.5. The van der Waals surface area contributed by atoms with E-state index in [1.165, 1.54) is 0 Å². The average Bonchev–Trinajstić information content (AvgIpc) is 2.41. The Morgan fingerprint density at radius 2 is 2.11 bits per heavy atom. The smallest absolute Gasteiger partial charge is 0.253 e. The molecule has 104 valence electrons. The van der Waals surface area contributed by atoms with E-state index >= 15 is 0 Å². The van der Waals surface area contributed by atoms with Crippen molar-refractivity contribution >= 4 is 11.6 Å². The molecule has 1 amide bonds. The highest BCUT2D eigenvalue weighted by molar-refractivity contribution is 5.99. The number of para-hydroxylation sites is 1. The molecule has 2 rings (SSSR count). The maximum absolute atomic E-state index is 12.1. The number of nitrogens with zero attached hydrogens (tertiary/aromatic N) is 1. The summed E-state index contributed by atoms with van der Waals surface area (Å²) in [6, 6.07) is 5.57. The van der Waals surface area contributed by atoms with Crippen LogP contribution in [0.4, 0.5) is 5.69 Å². The van der Waals surface area contributed by atoms with Crippen molar-refractivity contribution in [3.8, 4) is 0 Å². The molecular formula is C15H23N3O. The lowest BCUT2D eigenvalue weighted by Gasteiger charge is -2.29. The molecule has 1 aliphatic heterocycles. The highest BCUT2D eigenvalue weighted by atomic mass is 16.1. The van der Waals surface area contributed by atoms with Crippen molar-refractivity contribution in [2.24, 2.45) is 5.92 Å². The molecule has 4 heteroatoms. The molecule has 4 nitrogen and oxygen atoms in total. The Labute approximate surface area is 115 Å². The Morgan fingerprint density at radius 3 is 2.79 bits per heavy atom. The zero-order chi connectivity index (χ0) is 13.8. The number of aryl methyl sites for hydroxylation is 1. The normalized spacial score (nSPS) is 17.4. The van der Waals surface area contributed by atoms with E-state index < -0.39 is 0 Å². The fraction of sp³-hybridized carbons (Fsp3) is 0.533. The monoisotopic (exact) mass is 261 g/mol. The summed E-state index contributed by atoms with van der Waals surface area (Å²) >= 11 is 0. The molecule has 0 unspecified atom stereocenters. The quantitative estimate of drug-likeness (QED) is 0.813. The number of hydrogen-bond acceptors (Lipinski definition) is 3. The van der Waals surface area contributed by atoms with E-state index in [1.807, 2.05) is 19.1 Å². The Bertz CT molecular complexity index is 451. The fourth-order valence-corrected chi connectivity index (χ4v) is 2.48. The maximum Gasteiger partial charge on any atom is 0.253 e. The largest absolute Gasteiger partial charge is 0.398 e. The summed E-state index contributed by atoms with van der Waals surface area (Å²) in [5, 5.41) is 3.01. The van der Waals surface area contributed by atoms with Gasteiger partial charge in [-0.2, -0.15) is 0 Å². The van der Waals surface area contributed by atoms with Crippen LogP contribution in [0.1, 0.15) is 28.8 Å². The van der Waals surface area contributed by atoms with Crippen molar-refractivity contribution in [3.05, 3.63) is 29.3 Å². The minimum atomic E-state index is -0.0554. The SMILES string of the molecule is Cc1cccc(C(=O)NCC2CCN(C)CC2)c1N. The van der Waals surface area contributed by atoms with Crippen LogP contribution in [0, 0.1) is 12.8 Å². The van der Waals surface area contributed by atoms with Crippen LogP contribution in [0.25, 0.3) is 0 Å². The van der Waals surface area contributed by atoms with Crippen molar-refractivity contribution in [2.45, 2.75) is 19.8 Å². The molecule has 0 spiro atoms. The van der Waals surface area contributed by atoms with Gasteiger partial charge in [0.15, 0.2) is 0 Å². The molecule has 1 fully saturated rings. The van der Waals surface area contributed by atoms with E-state index in [0.717, 1.165) is 38.0 Å². The zero-order valence-electron chi connectivity index (χ0n) is 11.8. The number of nitrogens with one attached hydrogen (secondary N) is 1. The third-order valence-electron chi connectivity index (χ3n) is 3.96. The summed E-state index contributed by atoms with van der Waals surface area (Å²) in [5.74, 6) is 0.534. The first-order chi connectivity index (χ1) is 9.08. The van der Waals surface area contributed by atoms with Gasteiger partial charge >= 0.3 is 0 Å². The number of hydrogen-bond donors (Lipinski definition) is 2. The molecule has 0 radical (unpaired) electrons. The lowest BCUT2D eigenvalue weighted by atomic mass is 9.97. The van der Waals surface area contributed by atoms with Crippen LogP contribution in [0.3, 0.4) is 0 Å². The number of carbonyl (C=O) groups excluding carboxylic acids is 1. The van der Waals surface area contributed by atoms with Gasteiger partial charge in [-0.15, -0.1) is 0 Å². The molecule has 1 aromatic rings. The lowest BCUT2D eigenvalue weighted by Crippen LogP contribution is -2.37. The Morgan fingerprint density at radius 1 is 1.42 bits per heavy atom. The van der Waals surface area contributed by atoms with Crippen LogP contribution in [-0.2, 0) is 0 Å². The third-order valence-corrected chi connectivity index (χ3v) is 3.96. The molecule has 0 saturated carbocycles. The molecule has 3 N–H and O–H groups in total. The van der Waals surface area contributed by atoms with Crippen molar-refractivity contribution in [3.63, 3.8) is 0 Å². The van der Waals surface area contributed by atoms with Gasteiger partial charge in [-0.1, -0.05) is 12.1 Å². The first-order valence-corrected chi connectivity index (χ1v) is 6.89. The minimum Gasteiger partial charge on any atom is -0.398 e. The van der Waals surface area contributed by atoms with Gasteiger partial charge in [0.25, 0.3) is 5.91 Å². The van der Waals surface area contributed by atoms with Gasteiger partial charge in [0, 0.05) is 12.2 Å². The maximum atomic E-state index is 12.1. The number of nitrogens with two attached hydrogens (primary N) is 1. The molecule has 0 aromatic heterocycles. The summed E-state index contributed by atoms with van der Waals surface area (Å²) in [6.45, 7) is 4.91. The summed E-state index contributed by atoms with van der Waals surface area (Å²) in [7, 11) is 2.14. The predicted octanol–water partition coefficient (Wildman–Crippen LogP) is 1.65. The van der Waals surface area contributed by atoms with Gasteiger partial charge in [-0.05, 0) is 57.5 Å². The number of likely N-dealkylation sites (tertiary alicyclic amines) is 1. The van der Waals surface area contributed by atoms with E-state index in [-0.39, 0.29) is 5.91 Å². The van der Waals surface area contributed by atoms with Crippen LogP contribution in [0.15, 0.2) is 18.2 Å². The fourth-order valence-electron chi connectivity index (χ4n) is 2.48. The van der Waals surface area contributed by atoms with E-state index in [1.54, 1.807) is 6.07 Å². The summed E-state index contributed by atoms with van der Waals surface area (Å²) in [6.07, 6.45) is 2.31. The Kier molecular flexibility index (Phi) is 4.43. The molecule has 1 aromatic carbocycles. The Balaban J connectivity index is 1.89. The average molecular weight is 261 g/mol. The minimum absolute atomic E-state index is 0.0554. The number of carbonyl (C=O) groups is 1. The van der Waals surface area contributed by atoms with E-state index in [2.05, 4.69) is 17.3 Å². The van der Waals surface area contributed by atoms with Gasteiger partial charge < -0.3 is 16.0 Å². The standard InChI is InChI=1S/C15H23N3O/c1-11-4-3-5-13(14(11)16)15(19)17-10-12-6-8-18(2)9-7-12/h3-5,12H,6-10,16H2,1-2H3,(H,17,19). The number of anilines is 1. The van der Waals surface area contributed by atoms with Gasteiger partial charge in [0.05, 0.1) is 5.56 Å². The molecule has 1 heterocycles. The van der Waals surface area contributed by atoms with Crippen LogP contribution in [0.2, 0.25) is 0 Å². The zero-order valence-corrected chi connectivity index (χ0v) is 11.8. The second-order valence-corrected chi connectivity index (χ2v) is 5.49. The predicted molar refractivity (Wildman–Crippen MR) is 78.1 cm³/mol. The van der Waals surface area contributed by atoms with Gasteiger partial charge in [-0.3, -0.25) is 4.79 Å². The van der Waals surface area contributed by atoms with E-state index in [0.29, 0.717) is 17.2 Å². The molecule has 0 atom stereocenters. The number of rotatable bonds is 3. The Hall–Kier alpha value is -1.55. The van der Waals surface area contributed by atoms with Crippen LogP contribution in [-0.4, -0.2) is 37.5 Å². The van der Waals surface area contributed by atoms with Crippen molar-refractivity contribution in [1.82, 2.24) is 10.2 Å². The summed E-state index contributed by atoms with van der Waals surface area (Å²) in [5.41, 5.74) is 8.07. The molecule has 1 aliphatic rings. The van der Waals surface area contributed by atoms with E-state index in [9.17, 15) is 4.79 Å². The summed E-state index contributed by atoms with van der Waals surface area (Å²) < 4.78 is 0. The van der Waals surface area contributed by atoms with Crippen LogP contribution >= 0.6 is 0 Å². The van der Waals surface area contributed by atoms with Crippen molar-refractivity contribution in [2.75, 3.05) is 32.4 Å². The van der Waals surface area contributed by atoms with E-state index in [4.69, 9.17) is 5.73 Å². The van der Waals surface area contributed by atoms with Gasteiger partial charge in [0.2, 0.25) is 0 Å². The molecule has 0 bridgehead atoms. The van der Waals surface area contributed by atoms with Gasteiger partial charge in [-0.25, -0.2) is 0 Å². The number of nitrogen functional groups attached to an aromatic ring is 1. The second kappa shape index (κ2) is 6.06.